The summed E-state index contributed by atoms with van der Waals surface area (Å²) in [5.74, 6) is 0.129. The lowest BCUT2D eigenvalue weighted by Gasteiger charge is -2.11. The van der Waals surface area contributed by atoms with Crippen LogP contribution in [0.25, 0.3) is 0 Å². The fraction of sp³-hybridized carbons (Fsp3) is 0.562. The molecule has 0 unspecified atom stereocenters. The third-order valence-electron chi connectivity index (χ3n) is 3.79. The second-order valence-corrected chi connectivity index (χ2v) is 5.85. The molecule has 0 bridgehead atoms. The Kier molecular flexibility index (Phi) is 6.34. The zero-order valence-corrected chi connectivity index (χ0v) is 12.6. The molecule has 1 aromatic rings. The van der Waals surface area contributed by atoms with Crippen molar-refractivity contribution in [2.45, 2.75) is 44.6 Å². The summed E-state index contributed by atoms with van der Waals surface area (Å²) in [7, 11) is 0. The Morgan fingerprint density at radius 1 is 1.15 bits per heavy atom. The SMILES string of the molecule is O=C(CCNC1CCCC1)NCCc1ccc(Cl)cc1. The Bertz CT molecular complexity index is 413. The highest BCUT2D eigenvalue weighted by molar-refractivity contribution is 6.30. The average molecular weight is 295 g/mol. The zero-order valence-electron chi connectivity index (χ0n) is 11.8. The van der Waals surface area contributed by atoms with Crippen molar-refractivity contribution in [2.24, 2.45) is 0 Å². The lowest BCUT2D eigenvalue weighted by atomic mass is 10.1. The number of hydrogen-bond donors (Lipinski definition) is 2. The molecule has 20 heavy (non-hydrogen) atoms. The molecule has 0 aromatic heterocycles. The van der Waals surface area contributed by atoms with E-state index in [0.29, 0.717) is 19.0 Å². The first-order valence-corrected chi connectivity index (χ1v) is 7.86. The Labute approximate surface area is 126 Å². The second-order valence-electron chi connectivity index (χ2n) is 5.41. The first kappa shape index (κ1) is 15.3. The zero-order chi connectivity index (χ0) is 14.2. The fourth-order valence-electron chi connectivity index (χ4n) is 2.61. The first-order valence-electron chi connectivity index (χ1n) is 7.48. The lowest BCUT2D eigenvalue weighted by Crippen LogP contribution is -2.32. The van der Waals surface area contributed by atoms with Gasteiger partial charge in [0.2, 0.25) is 5.91 Å². The van der Waals surface area contributed by atoms with E-state index in [-0.39, 0.29) is 5.91 Å². The highest BCUT2D eigenvalue weighted by Crippen LogP contribution is 2.17. The molecule has 3 nitrogen and oxygen atoms in total. The molecule has 4 heteroatoms. The van der Waals surface area contributed by atoms with E-state index in [9.17, 15) is 4.79 Å². The topological polar surface area (TPSA) is 41.1 Å². The Morgan fingerprint density at radius 3 is 2.55 bits per heavy atom. The number of amides is 1. The van der Waals surface area contributed by atoms with Crippen LogP contribution in [-0.2, 0) is 11.2 Å². The van der Waals surface area contributed by atoms with Crippen molar-refractivity contribution in [3.63, 3.8) is 0 Å². The predicted molar refractivity (Wildman–Crippen MR) is 83.0 cm³/mol. The summed E-state index contributed by atoms with van der Waals surface area (Å²) in [6, 6.07) is 8.39. The van der Waals surface area contributed by atoms with Crippen molar-refractivity contribution >= 4 is 17.5 Å². The number of benzene rings is 1. The summed E-state index contributed by atoms with van der Waals surface area (Å²) in [6.07, 6.45) is 6.59. The van der Waals surface area contributed by atoms with Gasteiger partial charge in [-0.3, -0.25) is 4.79 Å². The number of carbonyl (C=O) groups is 1. The maximum Gasteiger partial charge on any atom is 0.221 e. The molecule has 1 amide bonds. The number of rotatable bonds is 7. The van der Waals surface area contributed by atoms with Crippen LogP contribution in [-0.4, -0.2) is 25.0 Å². The van der Waals surface area contributed by atoms with E-state index in [2.05, 4.69) is 10.6 Å². The molecule has 0 heterocycles. The van der Waals surface area contributed by atoms with Gasteiger partial charge in [0.15, 0.2) is 0 Å². The molecule has 0 radical (unpaired) electrons. The van der Waals surface area contributed by atoms with E-state index in [1.165, 1.54) is 31.2 Å². The molecule has 0 atom stereocenters. The van der Waals surface area contributed by atoms with Gasteiger partial charge < -0.3 is 10.6 Å². The van der Waals surface area contributed by atoms with E-state index in [4.69, 9.17) is 11.6 Å². The number of carbonyl (C=O) groups excluding carboxylic acids is 1. The van der Waals surface area contributed by atoms with Crippen molar-refractivity contribution in [1.82, 2.24) is 10.6 Å². The normalized spacial score (nSPS) is 15.4. The summed E-state index contributed by atoms with van der Waals surface area (Å²) in [5, 5.41) is 7.16. The molecule has 0 saturated heterocycles. The first-order chi connectivity index (χ1) is 9.74. The van der Waals surface area contributed by atoms with E-state index in [0.717, 1.165) is 18.0 Å². The molecular weight excluding hydrogens is 272 g/mol. The van der Waals surface area contributed by atoms with Crippen LogP contribution in [0.5, 0.6) is 0 Å². The van der Waals surface area contributed by atoms with E-state index < -0.39 is 0 Å². The molecule has 1 aliphatic carbocycles. The minimum atomic E-state index is 0.129. The third-order valence-corrected chi connectivity index (χ3v) is 4.04. The van der Waals surface area contributed by atoms with Gasteiger partial charge in [-0.25, -0.2) is 0 Å². The average Bonchev–Trinajstić information content (AvgIpc) is 2.94. The summed E-state index contributed by atoms with van der Waals surface area (Å²) in [6.45, 7) is 1.47. The largest absolute Gasteiger partial charge is 0.356 e. The summed E-state index contributed by atoms with van der Waals surface area (Å²) in [5.41, 5.74) is 1.19. The van der Waals surface area contributed by atoms with Crippen LogP contribution in [0.2, 0.25) is 5.02 Å². The van der Waals surface area contributed by atoms with Gasteiger partial charge in [0.1, 0.15) is 0 Å². The van der Waals surface area contributed by atoms with Crippen molar-refractivity contribution in [1.29, 1.82) is 0 Å². The summed E-state index contributed by atoms with van der Waals surface area (Å²) < 4.78 is 0. The highest BCUT2D eigenvalue weighted by atomic mass is 35.5. The predicted octanol–water partition coefficient (Wildman–Crippen LogP) is 2.92. The Morgan fingerprint density at radius 2 is 1.85 bits per heavy atom. The van der Waals surface area contributed by atoms with Gasteiger partial charge in [-0.2, -0.15) is 0 Å². The van der Waals surface area contributed by atoms with E-state index in [1.54, 1.807) is 0 Å². The number of nitrogens with one attached hydrogen (secondary N) is 2. The van der Waals surface area contributed by atoms with E-state index >= 15 is 0 Å². The molecular formula is C16H23ClN2O. The van der Waals surface area contributed by atoms with Crippen LogP contribution in [0.15, 0.2) is 24.3 Å². The van der Waals surface area contributed by atoms with Gasteiger partial charge in [0.05, 0.1) is 0 Å². The molecule has 1 saturated carbocycles. The van der Waals surface area contributed by atoms with Gasteiger partial charge in [0.25, 0.3) is 0 Å². The van der Waals surface area contributed by atoms with Crippen LogP contribution >= 0.6 is 11.6 Å². The molecule has 110 valence electrons. The summed E-state index contributed by atoms with van der Waals surface area (Å²) >= 11 is 5.83. The maximum atomic E-state index is 11.7. The quantitative estimate of drug-likeness (QED) is 0.812. The number of hydrogen-bond acceptors (Lipinski definition) is 2. The standard InChI is InChI=1S/C16H23ClN2O/c17-14-7-5-13(6-8-14)9-11-19-16(20)10-12-18-15-3-1-2-4-15/h5-8,15,18H,1-4,9-12H2,(H,19,20). The van der Waals surface area contributed by atoms with Crippen LogP contribution in [0, 0.1) is 0 Å². The van der Waals surface area contributed by atoms with Crippen molar-refractivity contribution in [3.05, 3.63) is 34.9 Å². The van der Waals surface area contributed by atoms with Crippen LogP contribution in [0.3, 0.4) is 0 Å². The van der Waals surface area contributed by atoms with Crippen LogP contribution in [0.4, 0.5) is 0 Å². The molecule has 2 N–H and O–H groups in total. The van der Waals surface area contributed by atoms with Crippen LogP contribution in [0.1, 0.15) is 37.7 Å². The van der Waals surface area contributed by atoms with Crippen molar-refractivity contribution in [3.8, 4) is 0 Å². The molecule has 0 aliphatic heterocycles. The maximum absolute atomic E-state index is 11.7. The number of halogens is 1. The molecule has 0 spiro atoms. The Balaban J connectivity index is 1.54. The lowest BCUT2D eigenvalue weighted by molar-refractivity contribution is -0.120. The third kappa shape index (κ3) is 5.51. The molecule has 1 aromatic carbocycles. The fourth-order valence-corrected chi connectivity index (χ4v) is 2.73. The van der Waals surface area contributed by atoms with Crippen LogP contribution < -0.4 is 10.6 Å². The molecule has 1 aliphatic rings. The molecule has 1 fully saturated rings. The molecule has 2 rings (SSSR count). The van der Waals surface area contributed by atoms with Gasteiger partial charge >= 0.3 is 0 Å². The Hall–Kier alpha value is -1.06. The van der Waals surface area contributed by atoms with E-state index in [1.807, 2.05) is 24.3 Å². The van der Waals surface area contributed by atoms with Gasteiger partial charge in [0, 0.05) is 30.6 Å². The van der Waals surface area contributed by atoms with Crippen molar-refractivity contribution in [2.75, 3.05) is 13.1 Å². The monoisotopic (exact) mass is 294 g/mol. The smallest absolute Gasteiger partial charge is 0.221 e. The van der Waals surface area contributed by atoms with Gasteiger partial charge in [-0.05, 0) is 37.0 Å². The van der Waals surface area contributed by atoms with Crippen molar-refractivity contribution < 1.29 is 4.79 Å². The second kappa shape index (κ2) is 8.28. The van der Waals surface area contributed by atoms with Gasteiger partial charge in [-0.1, -0.05) is 36.6 Å². The summed E-state index contributed by atoms with van der Waals surface area (Å²) in [4.78, 5) is 11.7. The van der Waals surface area contributed by atoms with Gasteiger partial charge in [-0.15, -0.1) is 0 Å². The minimum Gasteiger partial charge on any atom is -0.356 e. The minimum absolute atomic E-state index is 0.129. The highest BCUT2D eigenvalue weighted by Gasteiger charge is 2.13.